The molecular formula is C16H12F3NO4. The van der Waals surface area contributed by atoms with Crippen LogP contribution in [0, 0.1) is 0 Å². The Labute approximate surface area is 135 Å². The monoisotopic (exact) mass is 339 g/mol. The molecule has 0 amide bonds. The number of carboxylic acid groups (broad SMARTS) is 1. The highest BCUT2D eigenvalue weighted by Crippen LogP contribution is 2.33. The summed E-state index contributed by atoms with van der Waals surface area (Å²) in [4.78, 5) is 15.0. The number of carbonyl (C=O) groups is 1. The Morgan fingerprint density at radius 1 is 1.25 bits per heavy atom. The summed E-state index contributed by atoms with van der Waals surface area (Å²) >= 11 is 0. The zero-order chi connectivity index (χ0) is 17.7. The Hall–Kier alpha value is -3.03. The zero-order valence-corrected chi connectivity index (χ0v) is 12.4. The predicted molar refractivity (Wildman–Crippen MR) is 78.4 cm³/mol. The molecule has 1 heterocycles. The quantitative estimate of drug-likeness (QED) is 0.659. The highest BCUT2D eigenvalue weighted by atomic mass is 19.4. The SMILES string of the molecule is COC=C(C(=O)O)c1ccccc1Oc1cc(C(F)(F)F)ccn1. The van der Waals surface area contributed by atoms with Crippen molar-refractivity contribution in [2.75, 3.05) is 7.11 Å². The van der Waals surface area contributed by atoms with Crippen molar-refractivity contribution in [2.24, 2.45) is 0 Å². The first kappa shape index (κ1) is 17.3. The minimum Gasteiger partial charge on any atom is -0.503 e. The number of para-hydroxylation sites is 1. The molecule has 5 nitrogen and oxygen atoms in total. The van der Waals surface area contributed by atoms with Crippen molar-refractivity contribution < 1.29 is 32.5 Å². The van der Waals surface area contributed by atoms with E-state index in [1.54, 1.807) is 12.1 Å². The number of methoxy groups -OCH3 is 1. The molecule has 0 atom stereocenters. The van der Waals surface area contributed by atoms with Gasteiger partial charge in [0.2, 0.25) is 5.88 Å². The smallest absolute Gasteiger partial charge is 0.416 e. The number of aromatic nitrogens is 1. The summed E-state index contributed by atoms with van der Waals surface area (Å²) in [5.41, 5.74) is -0.984. The van der Waals surface area contributed by atoms with Gasteiger partial charge in [-0.25, -0.2) is 9.78 Å². The van der Waals surface area contributed by atoms with Crippen molar-refractivity contribution in [3.63, 3.8) is 0 Å². The molecule has 0 aliphatic heterocycles. The second-order valence-electron chi connectivity index (χ2n) is 4.55. The van der Waals surface area contributed by atoms with Gasteiger partial charge in [0.15, 0.2) is 0 Å². The van der Waals surface area contributed by atoms with Crippen molar-refractivity contribution in [3.8, 4) is 11.6 Å². The van der Waals surface area contributed by atoms with Crippen LogP contribution in [0.15, 0.2) is 48.9 Å². The van der Waals surface area contributed by atoms with Crippen LogP contribution in [-0.4, -0.2) is 23.2 Å². The van der Waals surface area contributed by atoms with Gasteiger partial charge in [0.1, 0.15) is 11.3 Å². The summed E-state index contributed by atoms with van der Waals surface area (Å²) in [5, 5.41) is 9.23. The van der Waals surface area contributed by atoms with Gasteiger partial charge in [0, 0.05) is 17.8 Å². The molecule has 1 aromatic carbocycles. The Morgan fingerprint density at radius 2 is 1.96 bits per heavy atom. The third-order valence-corrected chi connectivity index (χ3v) is 2.92. The average Bonchev–Trinajstić information content (AvgIpc) is 2.53. The van der Waals surface area contributed by atoms with Gasteiger partial charge in [-0.2, -0.15) is 13.2 Å². The van der Waals surface area contributed by atoms with E-state index in [0.717, 1.165) is 24.6 Å². The fourth-order valence-corrected chi connectivity index (χ4v) is 1.88. The predicted octanol–water partition coefficient (Wildman–Crippen LogP) is 3.96. The van der Waals surface area contributed by atoms with Gasteiger partial charge in [0.25, 0.3) is 0 Å². The third kappa shape index (κ3) is 4.03. The van der Waals surface area contributed by atoms with Crippen molar-refractivity contribution >= 4 is 11.5 Å². The van der Waals surface area contributed by atoms with Gasteiger partial charge in [-0.15, -0.1) is 0 Å². The average molecular weight is 339 g/mol. The molecule has 0 spiro atoms. The molecule has 0 fully saturated rings. The Kier molecular flexibility index (Phi) is 5.08. The van der Waals surface area contributed by atoms with E-state index in [4.69, 9.17) is 9.47 Å². The van der Waals surface area contributed by atoms with E-state index in [9.17, 15) is 23.1 Å². The topological polar surface area (TPSA) is 68.7 Å². The Bertz CT molecular complexity index is 772. The van der Waals surface area contributed by atoms with Crippen molar-refractivity contribution in [1.29, 1.82) is 0 Å². The zero-order valence-electron chi connectivity index (χ0n) is 12.4. The van der Waals surface area contributed by atoms with Gasteiger partial charge >= 0.3 is 12.1 Å². The van der Waals surface area contributed by atoms with Crippen LogP contribution >= 0.6 is 0 Å². The highest BCUT2D eigenvalue weighted by molar-refractivity contribution is 6.15. The summed E-state index contributed by atoms with van der Waals surface area (Å²) < 4.78 is 48.3. The maximum atomic E-state index is 12.7. The van der Waals surface area contributed by atoms with Crippen LogP contribution in [0.3, 0.4) is 0 Å². The first-order valence-electron chi connectivity index (χ1n) is 6.59. The molecule has 0 saturated heterocycles. The number of ether oxygens (including phenoxy) is 2. The third-order valence-electron chi connectivity index (χ3n) is 2.92. The largest absolute Gasteiger partial charge is 0.503 e. The number of halogens is 3. The number of pyridine rings is 1. The van der Waals surface area contributed by atoms with Crippen molar-refractivity contribution in [1.82, 2.24) is 4.98 Å². The van der Waals surface area contributed by atoms with Gasteiger partial charge < -0.3 is 14.6 Å². The molecule has 0 bridgehead atoms. The van der Waals surface area contributed by atoms with E-state index >= 15 is 0 Å². The second-order valence-corrected chi connectivity index (χ2v) is 4.55. The van der Waals surface area contributed by atoms with Crippen LogP contribution in [0.25, 0.3) is 5.57 Å². The molecule has 0 radical (unpaired) electrons. The fraction of sp³-hybridized carbons (Fsp3) is 0.125. The molecule has 2 rings (SSSR count). The van der Waals surface area contributed by atoms with E-state index in [2.05, 4.69) is 4.98 Å². The number of benzene rings is 1. The van der Waals surface area contributed by atoms with Crippen molar-refractivity contribution in [2.45, 2.75) is 6.18 Å². The first-order chi connectivity index (χ1) is 11.3. The van der Waals surface area contributed by atoms with E-state index in [0.29, 0.717) is 0 Å². The molecule has 0 aliphatic rings. The van der Waals surface area contributed by atoms with Crippen LogP contribution in [-0.2, 0) is 15.7 Å². The highest BCUT2D eigenvalue weighted by Gasteiger charge is 2.31. The number of alkyl halides is 3. The minimum atomic E-state index is -4.54. The lowest BCUT2D eigenvalue weighted by atomic mass is 10.1. The number of carboxylic acids is 1. The van der Waals surface area contributed by atoms with Crippen LogP contribution in [0.1, 0.15) is 11.1 Å². The normalized spacial score (nSPS) is 11.9. The lowest BCUT2D eigenvalue weighted by molar-refractivity contribution is -0.137. The molecule has 24 heavy (non-hydrogen) atoms. The van der Waals surface area contributed by atoms with Crippen LogP contribution in [0.4, 0.5) is 13.2 Å². The summed E-state index contributed by atoms with van der Waals surface area (Å²) in [6, 6.07) is 7.53. The molecule has 2 aromatic rings. The molecule has 126 valence electrons. The number of aliphatic carboxylic acids is 1. The van der Waals surface area contributed by atoms with E-state index in [1.165, 1.54) is 19.2 Å². The number of hydrogen-bond acceptors (Lipinski definition) is 4. The molecule has 0 unspecified atom stereocenters. The van der Waals surface area contributed by atoms with Crippen LogP contribution in [0.2, 0.25) is 0 Å². The first-order valence-corrected chi connectivity index (χ1v) is 6.59. The van der Waals surface area contributed by atoms with Gasteiger partial charge in [-0.1, -0.05) is 18.2 Å². The molecule has 0 saturated carbocycles. The Balaban J connectivity index is 2.42. The lowest BCUT2D eigenvalue weighted by Crippen LogP contribution is -2.06. The summed E-state index contributed by atoms with van der Waals surface area (Å²) in [7, 11) is 1.28. The van der Waals surface area contributed by atoms with Gasteiger partial charge in [-0.3, -0.25) is 0 Å². The van der Waals surface area contributed by atoms with Crippen LogP contribution < -0.4 is 4.74 Å². The minimum absolute atomic E-state index is 0.0371. The maximum Gasteiger partial charge on any atom is 0.416 e. The molecular weight excluding hydrogens is 327 g/mol. The van der Waals surface area contributed by atoms with Crippen molar-refractivity contribution in [3.05, 3.63) is 60.0 Å². The number of nitrogens with zero attached hydrogens (tertiary/aromatic N) is 1. The van der Waals surface area contributed by atoms with E-state index in [1.807, 2.05) is 0 Å². The lowest BCUT2D eigenvalue weighted by Gasteiger charge is -2.12. The molecule has 0 aliphatic carbocycles. The summed E-state index contributed by atoms with van der Waals surface area (Å²) in [6.45, 7) is 0. The van der Waals surface area contributed by atoms with Crippen LogP contribution in [0.5, 0.6) is 11.6 Å². The number of rotatable bonds is 5. The Morgan fingerprint density at radius 3 is 2.58 bits per heavy atom. The van der Waals surface area contributed by atoms with Gasteiger partial charge in [0.05, 0.1) is 18.9 Å². The summed E-state index contributed by atoms with van der Waals surface area (Å²) in [6.07, 6.45) is -2.57. The molecule has 1 N–H and O–H groups in total. The standard InChI is InChI=1S/C16H12F3NO4/c1-23-9-12(15(21)22)11-4-2-3-5-13(11)24-14-8-10(6-7-20-14)16(17,18)19/h2-9H,1H3,(H,21,22). The van der Waals surface area contributed by atoms with Gasteiger partial charge in [-0.05, 0) is 12.1 Å². The van der Waals surface area contributed by atoms with E-state index in [-0.39, 0.29) is 22.8 Å². The fourth-order valence-electron chi connectivity index (χ4n) is 1.88. The van der Waals surface area contributed by atoms with E-state index < -0.39 is 17.7 Å². The molecule has 8 heteroatoms. The summed E-state index contributed by atoms with van der Waals surface area (Å²) in [5.74, 6) is -1.54. The molecule has 1 aromatic heterocycles. The maximum absolute atomic E-state index is 12.7. The second kappa shape index (κ2) is 7.03. The number of hydrogen-bond donors (Lipinski definition) is 1.